The molecule has 0 spiro atoms. The van der Waals surface area contributed by atoms with E-state index in [1.165, 1.54) is 94.8 Å². The van der Waals surface area contributed by atoms with Crippen molar-refractivity contribution in [3.8, 4) is 0 Å². The van der Waals surface area contributed by atoms with Crippen molar-refractivity contribution in [1.82, 2.24) is 0 Å². The van der Waals surface area contributed by atoms with Gasteiger partial charge >= 0.3 is 11.9 Å². The molecule has 0 aliphatic heterocycles. The van der Waals surface area contributed by atoms with Crippen LogP contribution >= 0.6 is 11.3 Å². The summed E-state index contributed by atoms with van der Waals surface area (Å²) in [7, 11) is 0. The Morgan fingerprint density at radius 1 is 0.875 bits per heavy atom. The van der Waals surface area contributed by atoms with Crippen molar-refractivity contribution in [1.29, 1.82) is 0 Å². The molecule has 1 aromatic heterocycles. The maximum atomic E-state index is 12.0. The zero-order chi connectivity index (χ0) is 23.3. The number of rotatable bonds is 20. The number of carbonyl (C=O) groups is 2. The lowest BCUT2D eigenvalue weighted by Gasteiger charge is -2.05. The summed E-state index contributed by atoms with van der Waals surface area (Å²) in [5, 5.41) is 5.28. The molecule has 0 aliphatic carbocycles. The molecule has 0 aromatic carbocycles. The summed E-state index contributed by atoms with van der Waals surface area (Å²) in [4.78, 5) is 23.6. The molecule has 0 radical (unpaired) electrons. The van der Waals surface area contributed by atoms with E-state index in [0.717, 1.165) is 31.0 Å². The number of carbonyl (C=O) groups excluding carboxylic acids is 2. The fourth-order valence-electron chi connectivity index (χ4n) is 3.49. The van der Waals surface area contributed by atoms with Crippen LogP contribution in [-0.2, 0) is 14.3 Å². The Morgan fingerprint density at radius 3 is 2.00 bits per heavy atom. The molecule has 1 aromatic rings. The van der Waals surface area contributed by atoms with E-state index in [2.05, 4.69) is 12.2 Å². The van der Waals surface area contributed by atoms with E-state index < -0.39 is 11.9 Å². The summed E-state index contributed by atoms with van der Waals surface area (Å²) in [6.45, 7) is 5.19. The Labute approximate surface area is 199 Å². The van der Waals surface area contributed by atoms with Crippen LogP contribution in [0, 0.1) is 0 Å². The Kier molecular flexibility index (Phi) is 17.5. The molecule has 32 heavy (non-hydrogen) atoms. The van der Waals surface area contributed by atoms with Crippen LogP contribution in [0.25, 0.3) is 0 Å². The molecule has 0 unspecified atom stereocenters. The molecule has 5 nitrogen and oxygen atoms in total. The molecular weight excluding hydrogens is 422 g/mol. The van der Waals surface area contributed by atoms with Gasteiger partial charge in [0.2, 0.25) is 0 Å². The van der Waals surface area contributed by atoms with E-state index in [1.54, 1.807) is 13.0 Å². The minimum absolute atomic E-state index is 0.288. The average molecular weight is 466 g/mol. The Balaban J connectivity index is 1.97. The second kappa shape index (κ2) is 19.8. The third kappa shape index (κ3) is 15.1. The molecule has 0 aliphatic rings. The number of hydrogen-bond donors (Lipinski definition) is 1. The average Bonchev–Trinajstić information content (AvgIpc) is 3.25. The SMILES string of the molecule is CCCCCCCCCCCCCCCCNc1csc(C(=O)OC=CC(=O)OCC)c1. The van der Waals surface area contributed by atoms with Crippen LogP contribution in [0.5, 0.6) is 0 Å². The largest absolute Gasteiger partial charge is 0.463 e. The Morgan fingerprint density at radius 2 is 1.44 bits per heavy atom. The Bertz CT molecular complexity index is 642. The van der Waals surface area contributed by atoms with Gasteiger partial charge in [0.15, 0.2) is 0 Å². The predicted molar refractivity (Wildman–Crippen MR) is 134 cm³/mol. The quantitative estimate of drug-likeness (QED) is 0.0918. The summed E-state index contributed by atoms with van der Waals surface area (Å²) >= 11 is 1.33. The smallest absolute Gasteiger partial charge is 0.353 e. The number of ether oxygens (including phenoxy) is 2. The highest BCUT2D eigenvalue weighted by molar-refractivity contribution is 7.12. The molecule has 0 fully saturated rings. The van der Waals surface area contributed by atoms with Gasteiger partial charge < -0.3 is 14.8 Å². The van der Waals surface area contributed by atoms with Gasteiger partial charge in [-0.15, -0.1) is 11.3 Å². The van der Waals surface area contributed by atoms with E-state index in [0.29, 0.717) is 4.88 Å². The summed E-state index contributed by atoms with van der Waals surface area (Å²) in [6.07, 6.45) is 21.2. The van der Waals surface area contributed by atoms with Crippen LogP contribution < -0.4 is 5.32 Å². The third-order valence-electron chi connectivity index (χ3n) is 5.33. The highest BCUT2D eigenvalue weighted by Crippen LogP contribution is 2.20. The first-order chi connectivity index (χ1) is 15.7. The molecule has 0 bridgehead atoms. The monoisotopic (exact) mass is 465 g/mol. The van der Waals surface area contributed by atoms with Gasteiger partial charge in [-0.3, -0.25) is 0 Å². The molecule has 0 saturated carbocycles. The lowest BCUT2D eigenvalue weighted by atomic mass is 10.0. The molecule has 0 amide bonds. The van der Waals surface area contributed by atoms with Gasteiger partial charge in [0.25, 0.3) is 0 Å². The van der Waals surface area contributed by atoms with Crippen molar-refractivity contribution in [2.75, 3.05) is 18.5 Å². The predicted octanol–water partition coefficient (Wildman–Crippen LogP) is 7.87. The highest BCUT2D eigenvalue weighted by Gasteiger charge is 2.09. The second-order valence-electron chi connectivity index (χ2n) is 8.18. The standard InChI is InChI=1S/C26H43NO4S/c1-3-5-6-7-8-9-10-11-12-13-14-15-16-17-19-27-23-21-24(32-22-23)26(29)31-20-18-25(28)30-4-2/h18,20-22,27H,3-17,19H2,1-2H3. The van der Waals surface area contributed by atoms with Gasteiger partial charge in [0.05, 0.1) is 12.7 Å². The van der Waals surface area contributed by atoms with Crippen molar-refractivity contribution in [3.05, 3.63) is 28.7 Å². The van der Waals surface area contributed by atoms with Gasteiger partial charge in [-0.25, -0.2) is 9.59 Å². The van der Waals surface area contributed by atoms with E-state index in [4.69, 9.17) is 9.47 Å². The molecule has 0 atom stereocenters. The van der Waals surface area contributed by atoms with Gasteiger partial charge in [0, 0.05) is 17.6 Å². The number of thiophene rings is 1. The summed E-state index contributed by atoms with van der Waals surface area (Å²) < 4.78 is 9.68. The molecule has 1 heterocycles. The van der Waals surface area contributed by atoms with Crippen molar-refractivity contribution in [2.45, 2.75) is 104 Å². The van der Waals surface area contributed by atoms with Crippen LogP contribution in [0.15, 0.2) is 23.8 Å². The maximum Gasteiger partial charge on any atom is 0.353 e. The molecule has 0 saturated heterocycles. The number of esters is 2. The summed E-state index contributed by atoms with van der Waals surface area (Å²) in [5.41, 5.74) is 0.936. The van der Waals surface area contributed by atoms with E-state index in [1.807, 2.05) is 5.38 Å². The highest BCUT2D eigenvalue weighted by atomic mass is 32.1. The second-order valence-corrected chi connectivity index (χ2v) is 9.09. The van der Waals surface area contributed by atoms with Gasteiger partial charge in [-0.05, 0) is 19.4 Å². The van der Waals surface area contributed by atoms with Crippen molar-refractivity contribution < 1.29 is 19.1 Å². The van der Waals surface area contributed by atoms with Gasteiger partial charge in [-0.2, -0.15) is 0 Å². The summed E-state index contributed by atoms with van der Waals surface area (Å²) in [6, 6.07) is 1.79. The Hall–Kier alpha value is -1.82. The normalized spacial score (nSPS) is 11.1. The van der Waals surface area contributed by atoms with Crippen LogP contribution in [0.3, 0.4) is 0 Å². The molecule has 1 N–H and O–H groups in total. The number of nitrogens with one attached hydrogen (secondary N) is 1. The molecule has 182 valence electrons. The molecule has 1 rings (SSSR count). The van der Waals surface area contributed by atoms with Crippen LogP contribution in [0.1, 0.15) is 113 Å². The van der Waals surface area contributed by atoms with Crippen LogP contribution in [-0.4, -0.2) is 25.1 Å². The van der Waals surface area contributed by atoms with Gasteiger partial charge in [-0.1, -0.05) is 90.4 Å². The molecular formula is C26H43NO4S. The maximum absolute atomic E-state index is 12.0. The zero-order valence-corrected chi connectivity index (χ0v) is 21.0. The number of unbranched alkanes of at least 4 members (excludes halogenated alkanes) is 13. The van der Waals surface area contributed by atoms with Crippen LogP contribution in [0.4, 0.5) is 5.69 Å². The topological polar surface area (TPSA) is 64.6 Å². The van der Waals surface area contributed by atoms with Crippen LogP contribution in [0.2, 0.25) is 0 Å². The van der Waals surface area contributed by atoms with Crippen molar-refractivity contribution in [2.24, 2.45) is 0 Å². The number of hydrogen-bond acceptors (Lipinski definition) is 6. The fourth-order valence-corrected chi connectivity index (χ4v) is 4.23. The van der Waals surface area contributed by atoms with Crippen molar-refractivity contribution >= 4 is 29.0 Å². The minimum Gasteiger partial charge on any atom is -0.463 e. The van der Waals surface area contributed by atoms with E-state index in [-0.39, 0.29) is 6.61 Å². The first kappa shape index (κ1) is 28.2. The lowest BCUT2D eigenvalue weighted by molar-refractivity contribution is -0.137. The minimum atomic E-state index is -0.526. The lowest BCUT2D eigenvalue weighted by Crippen LogP contribution is -2.02. The van der Waals surface area contributed by atoms with E-state index in [9.17, 15) is 9.59 Å². The van der Waals surface area contributed by atoms with Crippen molar-refractivity contribution in [3.63, 3.8) is 0 Å². The fraction of sp³-hybridized carbons (Fsp3) is 0.692. The molecule has 6 heteroatoms. The zero-order valence-electron chi connectivity index (χ0n) is 20.2. The third-order valence-corrected chi connectivity index (χ3v) is 6.24. The summed E-state index contributed by atoms with van der Waals surface area (Å²) in [5.74, 6) is -0.998. The first-order valence-corrected chi connectivity index (χ1v) is 13.4. The van der Waals surface area contributed by atoms with E-state index >= 15 is 0 Å². The first-order valence-electron chi connectivity index (χ1n) is 12.5. The number of anilines is 1. The van der Waals surface area contributed by atoms with Gasteiger partial charge in [0.1, 0.15) is 11.1 Å².